The summed E-state index contributed by atoms with van der Waals surface area (Å²) in [6.07, 6.45) is 2.34. The smallest absolute Gasteiger partial charge is 0.270 e. The molecule has 0 radical (unpaired) electrons. The molecule has 2 aliphatic rings. The first-order valence-corrected chi connectivity index (χ1v) is 8.60. The molecule has 0 aliphatic heterocycles. The van der Waals surface area contributed by atoms with Crippen molar-refractivity contribution in [3.05, 3.63) is 29.2 Å². The molecule has 1 unspecified atom stereocenters. The van der Waals surface area contributed by atoms with E-state index in [-0.39, 0.29) is 48.1 Å². The Bertz CT molecular complexity index is 934. The van der Waals surface area contributed by atoms with Crippen LogP contribution in [0.15, 0.2) is 12.3 Å². The summed E-state index contributed by atoms with van der Waals surface area (Å²) in [6, 6.07) is 1.16. The topological polar surface area (TPSA) is 112 Å². The zero-order valence-electron chi connectivity index (χ0n) is 14.7. The van der Waals surface area contributed by atoms with E-state index in [1.807, 2.05) is 0 Å². The molecule has 0 saturated heterocycles. The predicted molar refractivity (Wildman–Crippen MR) is 89.3 cm³/mol. The number of carbonyl (C=O) groups excluding carboxylic acids is 2. The number of fused-ring (bicyclic) bond motifs is 1. The van der Waals surface area contributed by atoms with Gasteiger partial charge in [0.1, 0.15) is 17.0 Å². The molecule has 8 nitrogen and oxygen atoms in total. The van der Waals surface area contributed by atoms with Gasteiger partial charge in [0.05, 0.1) is 6.61 Å². The van der Waals surface area contributed by atoms with Gasteiger partial charge in [-0.1, -0.05) is 0 Å². The average molecular weight is 379 g/mol. The third-order valence-electron chi connectivity index (χ3n) is 5.55. The second-order valence-corrected chi connectivity index (χ2v) is 7.32. The van der Waals surface area contributed by atoms with E-state index in [4.69, 9.17) is 10.5 Å². The molecule has 1 spiro atoms. The Hall–Kier alpha value is -2.62. The Labute approximate surface area is 153 Å². The second-order valence-electron chi connectivity index (χ2n) is 7.32. The van der Waals surface area contributed by atoms with Gasteiger partial charge in [0, 0.05) is 37.6 Å². The van der Waals surface area contributed by atoms with Gasteiger partial charge in [0.2, 0.25) is 5.92 Å². The summed E-state index contributed by atoms with van der Waals surface area (Å²) in [5, 5.41) is 7.07. The number of methoxy groups -OCH3 is 1. The fourth-order valence-corrected chi connectivity index (χ4v) is 4.21. The molecule has 27 heavy (non-hydrogen) atoms. The molecule has 2 fully saturated rings. The van der Waals surface area contributed by atoms with Crippen molar-refractivity contribution in [2.24, 2.45) is 11.1 Å². The molecule has 2 amide bonds. The van der Waals surface area contributed by atoms with Gasteiger partial charge < -0.3 is 15.8 Å². The summed E-state index contributed by atoms with van der Waals surface area (Å²) in [6.45, 7) is 0.0313. The number of alkyl halides is 2. The van der Waals surface area contributed by atoms with Gasteiger partial charge in [0.15, 0.2) is 5.65 Å². The first kappa shape index (κ1) is 17.8. The van der Waals surface area contributed by atoms with E-state index in [0.717, 1.165) is 0 Å². The van der Waals surface area contributed by atoms with Crippen molar-refractivity contribution in [2.45, 2.75) is 44.3 Å². The van der Waals surface area contributed by atoms with E-state index in [9.17, 15) is 18.4 Å². The van der Waals surface area contributed by atoms with Crippen LogP contribution in [0.2, 0.25) is 0 Å². The standard InChI is InChI=1S/C17H19F2N5O3/c1-27-6-9-12(13(20)25)14-21-5-3-10(24(14)23-9)15(26)22-11-2-4-16(11)7-17(18,19)8-16/h3,5,11H,2,4,6-8H2,1H3,(H2,20,25)(H,22,26). The van der Waals surface area contributed by atoms with E-state index in [1.165, 1.54) is 23.9 Å². The zero-order chi connectivity index (χ0) is 19.4. The lowest BCUT2D eigenvalue weighted by Crippen LogP contribution is -2.64. The summed E-state index contributed by atoms with van der Waals surface area (Å²) in [5.74, 6) is -3.82. The fraction of sp³-hybridized carbons (Fsp3) is 0.529. The lowest BCUT2D eigenvalue weighted by molar-refractivity contribution is -0.203. The van der Waals surface area contributed by atoms with Crippen LogP contribution >= 0.6 is 0 Å². The number of primary amides is 1. The highest BCUT2D eigenvalue weighted by atomic mass is 19.3. The van der Waals surface area contributed by atoms with Gasteiger partial charge in [-0.3, -0.25) is 9.59 Å². The summed E-state index contributed by atoms with van der Waals surface area (Å²) < 4.78 is 32.9. The molecule has 4 rings (SSSR count). The molecule has 0 aromatic carbocycles. The molecule has 10 heteroatoms. The molecule has 0 bridgehead atoms. The molecule has 2 saturated carbocycles. The van der Waals surface area contributed by atoms with Gasteiger partial charge in [-0.2, -0.15) is 5.10 Å². The van der Waals surface area contributed by atoms with Crippen molar-refractivity contribution >= 4 is 17.5 Å². The normalized spacial score (nSPS) is 22.3. The molecular weight excluding hydrogens is 360 g/mol. The minimum Gasteiger partial charge on any atom is -0.378 e. The van der Waals surface area contributed by atoms with Crippen LogP contribution in [0.25, 0.3) is 5.65 Å². The summed E-state index contributed by atoms with van der Waals surface area (Å²) in [5.41, 5.74) is 5.58. The lowest BCUT2D eigenvalue weighted by Gasteiger charge is -2.58. The predicted octanol–water partition coefficient (Wildman–Crippen LogP) is 1.28. The van der Waals surface area contributed by atoms with E-state index in [1.54, 1.807) is 0 Å². The summed E-state index contributed by atoms with van der Waals surface area (Å²) >= 11 is 0. The minimum absolute atomic E-state index is 0.0313. The Morgan fingerprint density at radius 2 is 2.19 bits per heavy atom. The Balaban J connectivity index is 1.63. The number of halogens is 2. The molecule has 2 aromatic rings. The average Bonchev–Trinajstić information content (AvgIpc) is 2.94. The fourth-order valence-electron chi connectivity index (χ4n) is 4.21. The number of hydrogen-bond acceptors (Lipinski definition) is 5. The van der Waals surface area contributed by atoms with Crippen LogP contribution in [-0.4, -0.2) is 45.5 Å². The number of nitrogens with two attached hydrogens (primary N) is 1. The molecule has 2 heterocycles. The first-order valence-electron chi connectivity index (χ1n) is 8.60. The highest BCUT2D eigenvalue weighted by Gasteiger charge is 2.64. The van der Waals surface area contributed by atoms with Crippen LogP contribution in [0.1, 0.15) is 52.2 Å². The van der Waals surface area contributed by atoms with Gasteiger partial charge in [-0.15, -0.1) is 0 Å². The highest BCUT2D eigenvalue weighted by molar-refractivity contribution is 6.01. The number of rotatable bonds is 5. The maximum atomic E-state index is 13.3. The van der Waals surface area contributed by atoms with Crippen molar-refractivity contribution in [2.75, 3.05) is 7.11 Å². The van der Waals surface area contributed by atoms with Crippen molar-refractivity contribution in [1.29, 1.82) is 0 Å². The summed E-state index contributed by atoms with van der Waals surface area (Å²) in [4.78, 5) is 28.6. The third kappa shape index (κ3) is 2.75. The van der Waals surface area contributed by atoms with Crippen molar-refractivity contribution in [1.82, 2.24) is 19.9 Å². The van der Waals surface area contributed by atoms with Crippen LogP contribution in [0.5, 0.6) is 0 Å². The van der Waals surface area contributed by atoms with Gasteiger partial charge in [0.25, 0.3) is 11.8 Å². The molecule has 2 aromatic heterocycles. The maximum Gasteiger partial charge on any atom is 0.270 e. The van der Waals surface area contributed by atoms with E-state index in [0.29, 0.717) is 12.8 Å². The Morgan fingerprint density at radius 1 is 1.44 bits per heavy atom. The molecule has 2 aliphatic carbocycles. The van der Waals surface area contributed by atoms with Crippen molar-refractivity contribution in [3.8, 4) is 0 Å². The first-order chi connectivity index (χ1) is 12.8. The van der Waals surface area contributed by atoms with Crippen LogP contribution in [0, 0.1) is 5.41 Å². The number of hydrogen-bond donors (Lipinski definition) is 2. The van der Waals surface area contributed by atoms with E-state index >= 15 is 0 Å². The third-order valence-corrected chi connectivity index (χ3v) is 5.55. The van der Waals surface area contributed by atoms with Crippen LogP contribution in [-0.2, 0) is 11.3 Å². The van der Waals surface area contributed by atoms with Crippen LogP contribution in [0.4, 0.5) is 8.78 Å². The van der Waals surface area contributed by atoms with Crippen LogP contribution in [0.3, 0.4) is 0 Å². The highest BCUT2D eigenvalue weighted by Crippen LogP contribution is 2.62. The maximum absolute atomic E-state index is 13.3. The van der Waals surface area contributed by atoms with Crippen molar-refractivity contribution < 1.29 is 23.1 Å². The SMILES string of the molecule is COCc1nn2c(C(=O)NC3CCC34CC(F)(F)C4)ccnc2c1C(N)=O. The summed E-state index contributed by atoms with van der Waals surface area (Å²) in [7, 11) is 1.44. The largest absolute Gasteiger partial charge is 0.378 e. The lowest BCUT2D eigenvalue weighted by atomic mass is 9.51. The van der Waals surface area contributed by atoms with E-state index < -0.39 is 23.2 Å². The van der Waals surface area contributed by atoms with E-state index in [2.05, 4.69) is 15.4 Å². The van der Waals surface area contributed by atoms with Gasteiger partial charge in [-0.05, 0) is 18.9 Å². The number of nitrogens with one attached hydrogen (secondary N) is 1. The number of nitrogens with zero attached hydrogens (tertiary/aromatic N) is 3. The molecular formula is C17H19F2N5O3. The number of carbonyl (C=O) groups is 2. The molecule has 3 N–H and O–H groups in total. The van der Waals surface area contributed by atoms with Crippen molar-refractivity contribution in [3.63, 3.8) is 0 Å². The second kappa shape index (κ2) is 5.95. The van der Waals surface area contributed by atoms with Gasteiger partial charge >= 0.3 is 0 Å². The zero-order valence-corrected chi connectivity index (χ0v) is 14.7. The number of amides is 2. The molecule has 144 valence electrons. The quantitative estimate of drug-likeness (QED) is 0.813. The monoisotopic (exact) mass is 379 g/mol. The Morgan fingerprint density at radius 3 is 2.74 bits per heavy atom. The van der Waals surface area contributed by atoms with Crippen LogP contribution < -0.4 is 11.1 Å². The minimum atomic E-state index is -2.64. The number of ether oxygens (including phenoxy) is 1. The Kier molecular flexibility index (Phi) is 3.91. The number of aromatic nitrogens is 3. The van der Waals surface area contributed by atoms with Gasteiger partial charge in [-0.25, -0.2) is 18.3 Å². The molecule has 1 atom stereocenters.